The SMILES string of the molecule is CC[C@H](C)n1c(=O)[nH]c2ccccc21. The first-order valence-corrected chi connectivity index (χ1v) is 4.93. The Morgan fingerprint density at radius 2 is 2.14 bits per heavy atom. The van der Waals surface area contributed by atoms with Crippen LogP contribution in [0, 0.1) is 0 Å². The first kappa shape index (κ1) is 9.06. The van der Waals surface area contributed by atoms with E-state index >= 15 is 0 Å². The van der Waals surface area contributed by atoms with Crippen LogP contribution in [0.15, 0.2) is 29.1 Å². The molecule has 0 aliphatic rings. The highest BCUT2D eigenvalue weighted by Crippen LogP contribution is 2.15. The monoisotopic (exact) mass is 190 g/mol. The topological polar surface area (TPSA) is 37.8 Å². The predicted octanol–water partition coefficient (Wildman–Crippen LogP) is 2.30. The van der Waals surface area contributed by atoms with Gasteiger partial charge in [-0.15, -0.1) is 0 Å². The number of nitrogens with one attached hydrogen (secondary N) is 1. The lowest BCUT2D eigenvalue weighted by molar-refractivity contribution is 0.530. The van der Waals surface area contributed by atoms with Crippen molar-refractivity contribution in [1.29, 1.82) is 0 Å². The first-order chi connectivity index (χ1) is 6.74. The second-order valence-corrected chi connectivity index (χ2v) is 3.57. The molecule has 0 aliphatic carbocycles. The van der Waals surface area contributed by atoms with E-state index in [0.717, 1.165) is 17.5 Å². The number of hydrogen-bond acceptors (Lipinski definition) is 1. The second kappa shape index (κ2) is 3.33. The third-order valence-electron chi connectivity index (χ3n) is 2.66. The van der Waals surface area contributed by atoms with Gasteiger partial charge in [0.25, 0.3) is 0 Å². The molecule has 1 heterocycles. The molecule has 0 bridgehead atoms. The lowest BCUT2D eigenvalue weighted by atomic mass is 10.2. The van der Waals surface area contributed by atoms with Crippen molar-refractivity contribution in [2.45, 2.75) is 26.3 Å². The fourth-order valence-electron chi connectivity index (χ4n) is 1.69. The standard InChI is InChI=1S/C11H14N2O/c1-3-8(2)13-10-7-5-4-6-9(10)12-11(13)14/h4-8H,3H2,1-2H3,(H,12,14)/t8-/m0/s1. The van der Waals surface area contributed by atoms with Gasteiger partial charge in [-0.1, -0.05) is 19.1 Å². The van der Waals surface area contributed by atoms with Gasteiger partial charge in [-0.3, -0.25) is 4.57 Å². The van der Waals surface area contributed by atoms with Crippen molar-refractivity contribution in [3.63, 3.8) is 0 Å². The van der Waals surface area contributed by atoms with E-state index in [2.05, 4.69) is 18.8 Å². The highest BCUT2D eigenvalue weighted by molar-refractivity contribution is 5.75. The molecule has 1 aromatic carbocycles. The van der Waals surface area contributed by atoms with E-state index in [1.807, 2.05) is 28.8 Å². The van der Waals surface area contributed by atoms with Crippen LogP contribution in [0.2, 0.25) is 0 Å². The summed E-state index contributed by atoms with van der Waals surface area (Å²) >= 11 is 0. The highest BCUT2D eigenvalue weighted by atomic mass is 16.1. The summed E-state index contributed by atoms with van der Waals surface area (Å²) < 4.78 is 1.81. The van der Waals surface area contributed by atoms with E-state index in [9.17, 15) is 4.79 Å². The molecule has 1 N–H and O–H groups in total. The molecule has 3 heteroatoms. The molecule has 0 spiro atoms. The van der Waals surface area contributed by atoms with Crippen LogP contribution in [0.25, 0.3) is 11.0 Å². The number of para-hydroxylation sites is 2. The number of nitrogens with zero attached hydrogens (tertiary/aromatic N) is 1. The maximum atomic E-state index is 11.6. The van der Waals surface area contributed by atoms with Gasteiger partial charge in [0, 0.05) is 6.04 Å². The van der Waals surface area contributed by atoms with Gasteiger partial charge < -0.3 is 4.98 Å². The molecule has 0 unspecified atom stereocenters. The van der Waals surface area contributed by atoms with Crippen LogP contribution >= 0.6 is 0 Å². The molecule has 0 aliphatic heterocycles. The second-order valence-electron chi connectivity index (χ2n) is 3.57. The van der Waals surface area contributed by atoms with Gasteiger partial charge in [-0.05, 0) is 25.5 Å². The zero-order valence-corrected chi connectivity index (χ0v) is 8.45. The van der Waals surface area contributed by atoms with Crippen LogP contribution in [0.3, 0.4) is 0 Å². The lowest BCUT2D eigenvalue weighted by Crippen LogP contribution is -2.19. The summed E-state index contributed by atoms with van der Waals surface area (Å²) in [6.45, 7) is 4.14. The van der Waals surface area contributed by atoms with Crippen molar-refractivity contribution in [2.24, 2.45) is 0 Å². The average Bonchev–Trinajstić information content (AvgIpc) is 2.53. The summed E-state index contributed by atoms with van der Waals surface area (Å²) in [6, 6.07) is 8.03. The zero-order chi connectivity index (χ0) is 10.1. The summed E-state index contributed by atoms with van der Waals surface area (Å²) in [4.78, 5) is 14.5. The quantitative estimate of drug-likeness (QED) is 0.775. The summed E-state index contributed by atoms with van der Waals surface area (Å²) in [5.74, 6) is 0. The maximum Gasteiger partial charge on any atom is 0.326 e. The molecule has 0 saturated heterocycles. The number of aromatic nitrogens is 2. The molecule has 14 heavy (non-hydrogen) atoms. The van der Waals surface area contributed by atoms with Crippen molar-refractivity contribution in [1.82, 2.24) is 9.55 Å². The van der Waals surface area contributed by atoms with Crippen LogP contribution < -0.4 is 5.69 Å². The number of aromatic amines is 1. The Morgan fingerprint density at radius 3 is 2.86 bits per heavy atom. The Bertz CT molecular complexity index is 495. The fraction of sp³-hybridized carbons (Fsp3) is 0.364. The maximum absolute atomic E-state index is 11.6. The van der Waals surface area contributed by atoms with Gasteiger partial charge in [-0.2, -0.15) is 0 Å². The summed E-state index contributed by atoms with van der Waals surface area (Å²) in [7, 11) is 0. The van der Waals surface area contributed by atoms with Gasteiger partial charge in [0.2, 0.25) is 0 Å². The minimum Gasteiger partial charge on any atom is -0.306 e. The zero-order valence-electron chi connectivity index (χ0n) is 8.45. The fourth-order valence-corrected chi connectivity index (χ4v) is 1.69. The first-order valence-electron chi connectivity index (χ1n) is 4.93. The molecule has 1 aromatic heterocycles. The van der Waals surface area contributed by atoms with Crippen LogP contribution in [0.1, 0.15) is 26.3 Å². The summed E-state index contributed by atoms with van der Waals surface area (Å²) in [5.41, 5.74) is 1.89. The Balaban J connectivity index is 2.74. The molecule has 0 amide bonds. The molecule has 1 atom stereocenters. The van der Waals surface area contributed by atoms with E-state index in [1.165, 1.54) is 0 Å². The number of imidazole rings is 1. The number of hydrogen-bond donors (Lipinski definition) is 1. The van der Waals surface area contributed by atoms with Crippen LogP contribution in [-0.2, 0) is 0 Å². The van der Waals surface area contributed by atoms with Gasteiger partial charge in [0.15, 0.2) is 0 Å². The molecule has 0 fully saturated rings. The molecule has 2 aromatic rings. The van der Waals surface area contributed by atoms with Gasteiger partial charge in [-0.25, -0.2) is 4.79 Å². The minimum atomic E-state index is -0.0134. The Hall–Kier alpha value is -1.51. The van der Waals surface area contributed by atoms with Crippen LogP contribution in [-0.4, -0.2) is 9.55 Å². The number of fused-ring (bicyclic) bond motifs is 1. The molecule has 2 rings (SSSR count). The van der Waals surface area contributed by atoms with E-state index in [0.29, 0.717) is 0 Å². The van der Waals surface area contributed by atoms with Gasteiger partial charge in [0.05, 0.1) is 11.0 Å². The number of H-pyrrole nitrogens is 1. The third kappa shape index (κ3) is 1.25. The minimum absolute atomic E-state index is 0.0134. The molecule has 0 radical (unpaired) electrons. The number of benzene rings is 1. The smallest absolute Gasteiger partial charge is 0.306 e. The highest BCUT2D eigenvalue weighted by Gasteiger charge is 2.09. The average molecular weight is 190 g/mol. The van der Waals surface area contributed by atoms with Crippen molar-refractivity contribution < 1.29 is 0 Å². The summed E-state index contributed by atoms with van der Waals surface area (Å²) in [5, 5.41) is 0. The van der Waals surface area contributed by atoms with Gasteiger partial charge >= 0.3 is 5.69 Å². The molecule has 3 nitrogen and oxygen atoms in total. The van der Waals surface area contributed by atoms with Crippen LogP contribution in [0.4, 0.5) is 0 Å². The van der Waals surface area contributed by atoms with Crippen LogP contribution in [0.5, 0.6) is 0 Å². The van der Waals surface area contributed by atoms with Crippen molar-refractivity contribution in [3.8, 4) is 0 Å². The molecule has 74 valence electrons. The van der Waals surface area contributed by atoms with E-state index in [-0.39, 0.29) is 11.7 Å². The molecular formula is C11H14N2O. The lowest BCUT2D eigenvalue weighted by Gasteiger charge is -2.09. The molecule has 0 saturated carbocycles. The van der Waals surface area contributed by atoms with Crippen molar-refractivity contribution in [2.75, 3.05) is 0 Å². The van der Waals surface area contributed by atoms with Gasteiger partial charge in [0.1, 0.15) is 0 Å². The Morgan fingerprint density at radius 1 is 1.43 bits per heavy atom. The Kier molecular flexibility index (Phi) is 2.15. The predicted molar refractivity (Wildman–Crippen MR) is 57.6 cm³/mol. The Labute approximate surface area is 82.4 Å². The number of rotatable bonds is 2. The van der Waals surface area contributed by atoms with Crippen molar-refractivity contribution in [3.05, 3.63) is 34.7 Å². The largest absolute Gasteiger partial charge is 0.326 e. The van der Waals surface area contributed by atoms with E-state index in [1.54, 1.807) is 0 Å². The normalized spacial score (nSPS) is 13.3. The summed E-state index contributed by atoms with van der Waals surface area (Å²) in [6.07, 6.45) is 0.960. The molecular weight excluding hydrogens is 176 g/mol. The van der Waals surface area contributed by atoms with E-state index in [4.69, 9.17) is 0 Å². The van der Waals surface area contributed by atoms with E-state index < -0.39 is 0 Å². The van der Waals surface area contributed by atoms with Crippen molar-refractivity contribution >= 4 is 11.0 Å². The third-order valence-corrected chi connectivity index (χ3v) is 2.66.